The third-order valence-corrected chi connectivity index (χ3v) is 3.83. The average Bonchev–Trinajstić information content (AvgIpc) is 2.71. The molecule has 2 aromatic rings. The van der Waals surface area contributed by atoms with E-state index in [1.165, 1.54) is 25.3 Å². The highest BCUT2D eigenvalue weighted by atomic mass is 19.4. The van der Waals surface area contributed by atoms with E-state index in [0.29, 0.717) is 23.8 Å². The number of halogens is 3. The lowest BCUT2D eigenvalue weighted by atomic mass is 10.1. The minimum Gasteiger partial charge on any atom is -0.493 e. The maximum absolute atomic E-state index is 12.2. The van der Waals surface area contributed by atoms with Gasteiger partial charge in [0.25, 0.3) is 0 Å². The van der Waals surface area contributed by atoms with Gasteiger partial charge in [-0.2, -0.15) is 5.26 Å². The van der Waals surface area contributed by atoms with Crippen molar-refractivity contribution < 1.29 is 27.4 Å². The average molecular weight is 422 g/mol. The Labute approximate surface area is 172 Å². The summed E-state index contributed by atoms with van der Waals surface area (Å²) in [6, 6.07) is 10.0. The van der Waals surface area contributed by atoms with Crippen molar-refractivity contribution in [3.8, 4) is 23.3 Å². The number of hydrogen-bond donors (Lipinski definition) is 1. The predicted octanol–water partition coefficient (Wildman–Crippen LogP) is 6.15. The second-order valence-corrected chi connectivity index (χ2v) is 6.07. The SMILES string of the molecule is CCCCCOc1cc(N=NNc2ccc(OC(F)(F)F)cc2)c(C#N)cc1OC. The first-order chi connectivity index (χ1) is 14.4. The fourth-order valence-corrected chi connectivity index (χ4v) is 2.40. The van der Waals surface area contributed by atoms with Gasteiger partial charge in [-0.15, -0.1) is 18.3 Å². The van der Waals surface area contributed by atoms with Crippen LogP contribution in [-0.4, -0.2) is 20.1 Å². The number of alkyl halides is 3. The van der Waals surface area contributed by atoms with Crippen LogP contribution in [0.25, 0.3) is 0 Å². The lowest BCUT2D eigenvalue weighted by Gasteiger charge is -2.12. The van der Waals surface area contributed by atoms with Gasteiger partial charge < -0.3 is 14.2 Å². The Morgan fingerprint density at radius 1 is 1.10 bits per heavy atom. The number of methoxy groups -OCH3 is 1. The van der Waals surface area contributed by atoms with E-state index in [1.54, 1.807) is 6.07 Å². The van der Waals surface area contributed by atoms with E-state index in [0.717, 1.165) is 31.4 Å². The zero-order chi connectivity index (χ0) is 22.0. The summed E-state index contributed by atoms with van der Waals surface area (Å²) in [6.45, 7) is 2.59. The van der Waals surface area contributed by atoms with Crippen LogP contribution in [0.3, 0.4) is 0 Å². The smallest absolute Gasteiger partial charge is 0.493 e. The molecular weight excluding hydrogens is 401 g/mol. The predicted molar refractivity (Wildman–Crippen MR) is 104 cm³/mol. The van der Waals surface area contributed by atoms with E-state index in [4.69, 9.17) is 9.47 Å². The molecule has 10 heteroatoms. The summed E-state index contributed by atoms with van der Waals surface area (Å²) in [5, 5.41) is 17.1. The van der Waals surface area contributed by atoms with E-state index < -0.39 is 6.36 Å². The van der Waals surface area contributed by atoms with Gasteiger partial charge in [-0.25, -0.2) is 0 Å². The van der Waals surface area contributed by atoms with Gasteiger partial charge in [0.2, 0.25) is 0 Å². The molecule has 7 nitrogen and oxygen atoms in total. The van der Waals surface area contributed by atoms with E-state index in [-0.39, 0.29) is 17.0 Å². The summed E-state index contributed by atoms with van der Waals surface area (Å²) >= 11 is 0. The van der Waals surface area contributed by atoms with Crippen LogP contribution in [0.1, 0.15) is 31.7 Å². The molecule has 0 saturated heterocycles. The van der Waals surface area contributed by atoms with Crippen molar-refractivity contribution in [2.24, 2.45) is 10.3 Å². The zero-order valence-corrected chi connectivity index (χ0v) is 16.5. The maximum Gasteiger partial charge on any atom is 0.573 e. The molecule has 0 atom stereocenters. The first kappa shape index (κ1) is 22.8. The molecule has 0 unspecified atom stereocenters. The third kappa shape index (κ3) is 7.16. The Balaban J connectivity index is 2.10. The molecule has 0 aliphatic carbocycles. The quantitative estimate of drug-likeness (QED) is 0.282. The molecule has 0 aromatic heterocycles. The number of hydrogen-bond acceptors (Lipinski definition) is 6. The van der Waals surface area contributed by atoms with Gasteiger partial charge >= 0.3 is 6.36 Å². The third-order valence-electron chi connectivity index (χ3n) is 3.83. The molecule has 0 fully saturated rings. The standard InChI is InChI=1S/C20H21F3N4O3/c1-3-4-5-10-29-19-12-17(14(13-24)11-18(19)28-2)26-27-25-15-6-8-16(9-7-15)30-20(21,22)23/h6-9,11-12H,3-5,10H2,1-2H3,(H,25,26). The zero-order valence-electron chi connectivity index (χ0n) is 16.5. The summed E-state index contributed by atoms with van der Waals surface area (Å²) < 4.78 is 51.4. The number of nitriles is 1. The minimum absolute atomic E-state index is 0.229. The molecule has 2 rings (SSSR count). The Kier molecular flexibility index (Phi) is 8.29. The fourth-order valence-electron chi connectivity index (χ4n) is 2.40. The molecule has 0 aliphatic heterocycles. The van der Waals surface area contributed by atoms with Crippen molar-refractivity contribution in [3.63, 3.8) is 0 Å². The van der Waals surface area contributed by atoms with Crippen LogP contribution in [0.5, 0.6) is 17.2 Å². The van der Waals surface area contributed by atoms with Crippen LogP contribution in [0.15, 0.2) is 46.7 Å². The van der Waals surface area contributed by atoms with Crippen LogP contribution >= 0.6 is 0 Å². The molecule has 0 spiro atoms. The summed E-state index contributed by atoms with van der Waals surface area (Å²) in [6.07, 6.45) is -1.79. The van der Waals surface area contributed by atoms with Gasteiger partial charge in [-0.3, -0.25) is 5.43 Å². The Bertz CT molecular complexity index is 894. The normalized spacial score (nSPS) is 11.2. The number of benzene rings is 2. The van der Waals surface area contributed by atoms with Crippen molar-refractivity contribution in [2.45, 2.75) is 32.5 Å². The van der Waals surface area contributed by atoms with Crippen LogP contribution in [0.4, 0.5) is 24.5 Å². The minimum atomic E-state index is -4.76. The molecule has 1 N–H and O–H groups in total. The van der Waals surface area contributed by atoms with Gasteiger partial charge in [0.05, 0.1) is 25.0 Å². The first-order valence-corrected chi connectivity index (χ1v) is 9.13. The molecule has 0 amide bonds. The molecule has 0 radical (unpaired) electrons. The Morgan fingerprint density at radius 3 is 2.43 bits per heavy atom. The van der Waals surface area contributed by atoms with Gasteiger partial charge in [0.1, 0.15) is 17.5 Å². The number of nitrogens with zero attached hydrogens (tertiary/aromatic N) is 3. The fraction of sp³-hybridized carbons (Fsp3) is 0.350. The number of rotatable bonds is 10. The van der Waals surface area contributed by atoms with E-state index in [2.05, 4.69) is 27.4 Å². The number of ether oxygens (including phenoxy) is 3. The summed E-state index contributed by atoms with van der Waals surface area (Å²) in [7, 11) is 1.48. The molecule has 0 aliphatic rings. The second-order valence-electron chi connectivity index (χ2n) is 6.07. The molecule has 0 saturated carbocycles. The highest BCUT2D eigenvalue weighted by Crippen LogP contribution is 2.35. The Morgan fingerprint density at radius 2 is 1.83 bits per heavy atom. The lowest BCUT2D eigenvalue weighted by molar-refractivity contribution is -0.274. The van der Waals surface area contributed by atoms with Crippen LogP contribution in [-0.2, 0) is 0 Å². The summed E-state index contributed by atoms with van der Waals surface area (Å²) in [5.74, 6) is 0.502. The molecule has 160 valence electrons. The molecule has 2 aromatic carbocycles. The Hall–Kier alpha value is -3.48. The van der Waals surface area contributed by atoms with E-state index in [9.17, 15) is 18.4 Å². The van der Waals surface area contributed by atoms with E-state index >= 15 is 0 Å². The maximum atomic E-state index is 12.2. The van der Waals surface area contributed by atoms with Crippen molar-refractivity contribution in [1.29, 1.82) is 5.26 Å². The van der Waals surface area contributed by atoms with Crippen molar-refractivity contribution >= 4 is 11.4 Å². The molecule has 30 heavy (non-hydrogen) atoms. The first-order valence-electron chi connectivity index (χ1n) is 9.13. The van der Waals surface area contributed by atoms with Crippen molar-refractivity contribution in [3.05, 3.63) is 42.0 Å². The van der Waals surface area contributed by atoms with Gasteiger partial charge in [-0.1, -0.05) is 25.0 Å². The number of unbranched alkanes of at least 4 members (excludes halogenated alkanes) is 2. The monoisotopic (exact) mass is 422 g/mol. The highest BCUT2D eigenvalue weighted by molar-refractivity contribution is 5.61. The van der Waals surface area contributed by atoms with E-state index in [1.807, 2.05) is 6.07 Å². The van der Waals surface area contributed by atoms with Gasteiger partial charge in [0, 0.05) is 12.1 Å². The summed E-state index contributed by atoms with van der Waals surface area (Å²) in [5.41, 5.74) is 3.45. The number of anilines is 1. The second kappa shape index (κ2) is 10.9. The van der Waals surface area contributed by atoms with Gasteiger partial charge in [0.15, 0.2) is 11.5 Å². The van der Waals surface area contributed by atoms with Gasteiger partial charge in [-0.05, 0) is 30.7 Å². The molecular formula is C20H21F3N4O3. The van der Waals surface area contributed by atoms with Crippen molar-refractivity contribution in [1.82, 2.24) is 0 Å². The summed E-state index contributed by atoms with van der Waals surface area (Å²) in [4.78, 5) is 0. The largest absolute Gasteiger partial charge is 0.573 e. The topological polar surface area (TPSA) is 88.2 Å². The van der Waals surface area contributed by atoms with Crippen LogP contribution < -0.4 is 19.6 Å². The number of nitrogens with one attached hydrogen (secondary N) is 1. The highest BCUT2D eigenvalue weighted by Gasteiger charge is 2.30. The lowest BCUT2D eigenvalue weighted by Crippen LogP contribution is -2.16. The van der Waals surface area contributed by atoms with Crippen LogP contribution in [0.2, 0.25) is 0 Å². The van der Waals surface area contributed by atoms with Crippen molar-refractivity contribution in [2.75, 3.05) is 19.1 Å². The van der Waals surface area contributed by atoms with Crippen LogP contribution in [0, 0.1) is 11.3 Å². The molecule has 0 heterocycles. The molecule has 0 bridgehead atoms.